The largest absolute Gasteiger partial charge is 0.480 e. The summed E-state index contributed by atoms with van der Waals surface area (Å²) in [7, 11) is 0. The van der Waals surface area contributed by atoms with Crippen molar-refractivity contribution in [2.24, 2.45) is 0 Å². The summed E-state index contributed by atoms with van der Waals surface area (Å²) in [5.41, 5.74) is 1.25. The van der Waals surface area contributed by atoms with Crippen molar-refractivity contribution < 1.29 is 14.7 Å². The Labute approximate surface area is 124 Å². The molecule has 21 heavy (non-hydrogen) atoms. The van der Waals surface area contributed by atoms with Crippen LogP contribution in [0.3, 0.4) is 0 Å². The van der Waals surface area contributed by atoms with Crippen LogP contribution in [0.15, 0.2) is 30.3 Å². The van der Waals surface area contributed by atoms with Crippen LogP contribution in [0.1, 0.15) is 30.7 Å². The van der Waals surface area contributed by atoms with Crippen molar-refractivity contribution in [1.29, 1.82) is 0 Å². The Balaban J connectivity index is 1.66. The number of carboxylic acid groups (broad SMARTS) is 1. The van der Waals surface area contributed by atoms with Gasteiger partial charge in [0.15, 0.2) is 0 Å². The molecule has 0 radical (unpaired) electrons. The molecule has 2 aliphatic heterocycles. The standard InChI is InChI=1S/C16H20N2O3/c19-15(20)14-7-4-9-18(14)16(21)17-10-8-13(11-17)12-5-2-1-3-6-12/h1-3,5-6,13-14H,4,7-11H2,(H,19,20). The van der Waals surface area contributed by atoms with E-state index in [2.05, 4.69) is 12.1 Å². The van der Waals surface area contributed by atoms with Crippen molar-refractivity contribution in [1.82, 2.24) is 9.80 Å². The van der Waals surface area contributed by atoms with Gasteiger partial charge in [0.25, 0.3) is 0 Å². The summed E-state index contributed by atoms with van der Waals surface area (Å²) in [5, 5.41) is 9.19. The van der Waals surface area contributed by atoms with Crippen LogP contribution in [-0.4, -0.2) is 52.6 Å². The number of urea groups is 1. The molecule has 0 aromatic heterocycles. The topological polar surface area (TPSA) is 60.9 Å². The summed E-state index contributed by atoms with van der Waals surface area (Å²) in [6.07, 6.45) is 2.29. The second-order valence-corrected chi connectivity index (χ2v) is 5.81. The molecular weight excluding hydrogens is 268 g/mol. The average molecular weight is 288 g/mol. The van der Waals surface area contributed by atoms with Gasteiger partial charge < -0.3 is 14.9 Å². The van der Waals surface area contributed by atoms with E-state index in [4.69, 9.17) is 0 Å². The molecule has 2 fully saturated rings. The number of carboxylic acids is 1. The molecule has 0 aliphatic carbocycles. The van der Waals surface area contributed by atoms with Gasteiger partial charge in [-0.3, -0.25) is 0 Å². The zero-order valence-corrected chi connectivity index (χ0v) is 11.9. The fourth-order valence-corrected chi connectivity index (χ4v) is 3.37. The van der Waals surface area contributed by atoms with Crippen LogP contribution in [0.5, 0.6) is 0 Å². The molecule has 0 bridgehead atoms. The lowest BCUT2D eigenvalue weighted by Gasteiger charge is -2.27. The fourth-order valence-electron chi connectivity index (χ4n) is 3.37. The second kappa shape index (κ2) is 5.76. The van der Waals surface area contributed by atoms with Gasteiger partial charge in [-0.15, -0.1) is 0 Å². The minimum absolute atomic E-state index is 0.113. The molecule has 2 unspecified atom stereocenters. The molecule has 2 atom stereocenters. The van der Waals surface area contributed by atoms with E-state index in [1.165, 1.54) is 10.5 Å². The van der Waals surface area contributed by atoms with Gasteiger partial charge in [0, 0.05) is 25.6 Å². The molecule has 5 nitrogen and oxygen atoms in total. The maximum Gasteiger partial charge on any atom is 0.326 e. The molecule has 0 spiro atoms. The van der Waals surface area contributed by atoms with Crippen LogP contribution in [0.4, 0.5) is 4.79 Å². The minimum atomic E-state index is -0.889. The third kappa shape index (κ3) is 2.73. The van der Waals surface area contributed by atoms with Gasteiger partial charge in [-0.1, -0.05) is 30.3 Å². The smallest absolute Gasteiger partial charge is 0.326 e. The average Bonchev–Trinajstić information content (AvgIpc) is 3.17. The number of carbonyl (C=O) groups is 2. The number of nitrogens with zero attached hydrogens (tertiary/aromatic N) is 2. The van der Waals surface area contributed by atoms with Crippen molar-refractivity contribution in [3.05, 3.63) is 35.9 Å². The van der Waals surface area contributed by atoms with E-state index in [9.17, 15) is 14.7 Å². The van der Waals surface area contributed by atoms with Gasteiger partial charge in [0.2, 0.25) is 0 Å². The zero-order valence-electron chi connectivity index (χ0n) is 11.9. The van der Waals surface area contributed by atoms with E-state index in [-0.39, 0.29) is 6.03 Å². The van der Waals surface area contributed by atoms with Gasteiger partial charge >= 0.3 is 12.0 Å². The Hall–Kier alpha value is -2.04. The molecule has 1 aromatic carbocycles. The van der Waals surface area contributed by atoms with Crippen molar-refractivity contribution >= 4 is 12.0 Å². The molecule has 2 heterocycles. The Morgan fingerprint density at radius 1 is 1.10 bits per heavy atom. The van der Waals surface area contributed by atoms with E-state index in [0.717, 1.165) is 12.8 Å². The van der Waals surface area contributed by atoms with Crippen LogP contribution in [0.25, 0.3) is 0 Å². The number of aliphatic carboxylic acids is 1. The summed E-state index contributed by atoms with van der Waals surface area (Å²) in [4.78, 5) is 27.1. The predicted molar refractivity (Wildman–Crippen MR) is 78.1 cm³/mol. The lowest BCUT2D eigenvalue weighted by atomic mass is 9.99. The summed E-state index contributed by atoms with van der Waals surface area (Å²) < 4.78 is 0. The second-order valence-electron chi connectivity index (χ2n) is 5.81. The Morgan fingerprint density at radius 3 is 2.57 bits per heavy atom. The Kier molecular flexibility index (Phi) is 3.82. The van der Waals surface area contributed by atoms with Gasteiger partial charge in [0.05, 0.1) is 0 Å². The number of likely N-dealkylation sites (tertiary alicyclic amines) is 2. The number of hydrogen-bond donors (Lipinski definition) is 1. The number of rotatable bonds is 2. The summed E-state index contributed by atoms with van der Waals surface area (Å²) in [5.74, 6) is -0.527. The first-order valence-electron chi connectivity index (χ1n) is 7.50. The number of amides is 2. The van der Waals surface area contributed by atoms with E-state index in [1.807, 2.05) is 18.2 Å². The van der Waals surface area contributed by atoms with Crippen LogP contribution < -0.4 is 0 Å². The van der Waals surface area contributed by atoms with Crippen molar-refractivity contribution in [3.63, 3.8) is 0 Å². The molecule has 1 aromatic rings. The van der Waals surface area contributed by atoms with Crippen molar-refractivity contribution in [2.75, 3.05) is 19.6 Å². The third-order valence-corrected chi connectivity index (χ3v) is 4.51. The Morgan fingerprint density at radius 2 is 1.86 bits per heavy atom. The molecular formula is C16H20N2O3. The number of carbonyl (C=O) groups excluding carboxylic acids is 1. The van der Waals surface area contributed by atoms with E-state index < -0.39 is 12.0 Å². The molecule has 2 amide bonds. The molecule has 2 saturated heterocycles. The molecule has 3 rings (SSSR count). The maximum absolute atomic E-state index is 12.5. The monoisotopic (exact) mass is 288 g/mol. The zero-order chi connectivity index (χ0) is 14.8. The number of hydrogen-bond acceptors (Lipinski definition) is 2. The molecule has 0 saturated carbocycles. The highest BCUT2D eigenvalue weighted by atomic mass is 16.4. The first-order chi connectivity index (χ1) is 10.2. The number of benzene rings is 1. The highest BCUT2D eigenvalue weighted by molar-refractivity contribution is 5.83. The van der Waals surface area contributed by atoms with Crippen LogP contribution in [0.2, 0.25) is 0 Å². The van der Waals surface area contributed by atoms with E-state index in [0.29, 0.717) is 32.0 Å². The Bertz CT molecular complexity index is 532. The minimum Gasteiger partial charge on any atom is -0.480 e. The fraction of sp³-hybridized carbons (Fsp3) is 0.500. The summed E-state index contributed by atoms with van der Waals surface area (Å²) in [6, 6.07) is 9.44. The van der Waals surface area contributed by atoms with Gasteiger partial charge in [-0.25, -0.2) is 9.59 Å². The molecule has 112 valence electrons. The van der Waals surface area contributed by atoms with Gasteiger partial charge in [0.1, 0.15) is 6.04 Å². The first kappa shape index (κ1) is 13.9. The predicted octanol–water partition coefficient (Wildman–Crippen LogP) is 2.14. The maximum atomic E-state index is 12.5. The lowest BCUT2D eigenvalue weighted by Crippen LogP contribution is -2.47. The summed E-state index contributed by atoms with van der Waals surface area (Å²) in [6.45, 7) is 1.95. The van der Waals surface area contributed by atoms with E-state index >= 15 is 0 Å². The van der Waals surface area contributed by atoms with Gasteiger partial charge in [-0.2, -0.15) is 0 Å². The van der Waals surface area contributed by atoms with Crippen LogP contribution in [0, 0.1) is 0 Å². The van der Waals surface area contributed by atoms with Crippen molar-refractivity contribution in [3.8, 4) is 0 Å². The van der Waals surface area contributed by atoms with Crippen LogP contribution in [-0.2, 0) is 4.79 Å². The van der Waals surface area contributed by atoms with Gasteiger partial charge in [-0.05, 0) is 24.8 Å². The highest BCUT2D eigenvalue weighted by Crippen LogP contribution is 2.29. The highest BCUT2D eigenvalue weighted by Gasteiger charge is 2.38. The van der Waals surface area contributed by atoms with E-state index in [1.54, 1.807) is 4.90 Å². The first-order valence-corrected chi connectivity index (χ1v) is 7.50. The third-order valence-electron chi connectivity index (χ3n) is 4.51. The SMILES string of the molecule is O=C(O)C1CCCN1C(=O)N1CCC(c2ccccc2)C1. The molecule has 2 aliphatic rings. The quantitative estimate of drug-likeness (QED) is 0.907. The summed E-state index contributed by atoms with van der Waals surface area (Å²) >= 11 is 0. The van der Waals surface area contributed by atoms with Crippen molar-refractivity contribution in [2.45, 2.75) is 31.2 Å². The molecule has 1 N–H and O–H groups in total. The molecule has 5 heteroatoms. The normalized spacial score (nSPS) is 25.3. The lowest BCUT2D eigenvalue weighted by molar-refractivity contribution is -0.141. The van der Waals surface area contributed by atoms with Crippen LogP contribution >= 0.6 is 0 Å².